The van der Waals surface area contributed by atoms with Crippen LogP contribution in [0.2, 0.25) is 0 Å². The fourth-order valence-corrected chi connectivity index (χ4v) is 5.79. The lowest BCUT2D eigenvalue weighted by molar-refractivity contribution is -0.115. The molecular weight excluding hydrogens is 587 g/mol. The lowest BCUT2D eigenvalue weighted by Gasteiger charge is -2.19. The number of benzene rings is 2. The highest BCUT2D eigenvalue weighted by Gasteiger charge is 2.13. The Balaban J connectivity index is 0.00000560. The Labute approximate surface area is 256 Å². The first-order chi connectivity index (χ1) is 19.0. The molecule has 0 unspecified atom stereocenters. The third-order valence-corrected chi connectivity index (χ3v) is 8.15. The van der Waals surface area contributed by atoms with Gasteiger partial charge in [-0.15, -0.1) is 28.7 Å². The van der Waals surface area contributed by atoms with Crippen molar-refractivity contribution in [2.75, 3.05) is 17.8 Å². The van der Waals surface area contributed by atoms with Gasteiger partial charge in [-0.3, -0.25) is 4.79 Å². The van der Waals surface area contributed by atoms with Crippen LogP contribution in [0.3, 0.4) is 0 Å². The molecule has 0 atom stereocenters. The van der Waals surface area contributed by atoms with E-state index in [9.17, 15) is 9.18 Å². The van der Waals surface area contributed by atoms with Crippen LogP contribution >= 0.6 is 28.7 Å². The number of amides is 1. The van der Waals surface area contributed by atoms with Crippen LogP contribution < -0.4 is 10.1 Å². The number of nitrogens with zero attached hydrogens (tertiary/aromatic N) is 1. The van der Waals surface area contributed by atoms with Crippen molar-refractivity contribution in [3.8, 4) is 5.75 Å². The highest BCUT2D eigenvalue weighted by Crippen LogP contribution is 2.25. The molecule has 0 saturated carbocycles. The van der Waals surface area contributed by atoms with Crippen molar-refractivity contribution in [1.29, 1.82) is 0 Å². The molecule has 0 aliphatic carbocycles. The fraction of sp³-hybridized carbons (Fsp3) is 0.545. The topological polar surface area (TPSA) is 41.6 Å². The molecule has 3 rings (SSSR count). The van der Waals surface area contributed by atoms with Crippen molar-refractivity contribution in [2.45, 2.75) is 104 Å². The van der Waals surface area contributed by atoms with Gasteiger partial charge < -0.3 is 15.0 Å². The van der Waals surface area contributed by atoms with E-state index in [-0.39, 0.29) is 35.1 Å². The van der Waals surface area contributed by atoms with Gasteiger partial charge in [-0.05, 0) is 54.1 Å². The number of carbonyl (C=O) groups is 1. The van der Waals surface area contributed by atoms with E-state index >= 15 is 0 Å². The van der Waals surface area contributed by atoms with Gasteiger partial charge in [-0.2, -0.15) is 0 Å². The van der Waals surface area contributed by atoms with Crippen LogP contribution in [0.4, 0.5) is 10.1 Å². The smallest absolute Gasteiger partial charge is 0.228 e. The SMILES string of the molecule is Br.CCCCCCCCCCCCCCOc1ccc(CC(=O)Nc2cccc(CN3CSC=C3C)c2)cc1F. The van der Waals surface area contributed by atoms with Gasteiger partial charge in [0.15, 0.2) is 11.6 Å². The minimum atomic E-state index is -0.409. The first kappa shape index (κ1) is 34.2. The van der Waals surface area contributed by atoms with E-state index in [1.807, 2.05) is 18.2 Å². The second kappa shape index (κ2) is 20.0. The lowest BCUT2D eigenvalue weighted by Crippen LogP contribution is -2.17. The first-order valence-electron chi connectivity index (χ1n) is 14.9. The summed E-state index contributed by atoms with van der Waals surface area (Å²) < 4.78 is 20.3. The summed E-state index contributed by atoms with van der Waals surface area (Å²) in [5.41, 5.74) is 3.80. The van der Waals surface area contributed by atoms with Crippen molar-refractivity contribution < 1.29 is 13.9 Å². The van der Waals surface area contributed by atoms with Gasteiger partial charge in [-0.1, -0.05) is 95.8 Å². The Kier molecular flexibility index (Phi) is 17.1. The number of rotatable bonds is 19. The van der Waals surface area contributed by atoms with Crippen molar-refractivity contribution >= 4 is 40.3 Å². The zero-order valence-electron chi connectivity index (χ0n) is 24.4. The number of hydrogen-bond acceptors (Lipinski definition) is 4. The van der Waals surface area contributed by atoms with Crippen LogP contribution in [-0.4, -0.2) is 23.3 Å². The van der Waals surface area contributed by atoms with Crippen molar-refractivity contribution in [3.05, 3.63) is 70.5 Å². The van der Waals surface area contributed by atoms with E-state index in [1.165, 1.54) is 76.0 Å². The number of nitrogens with one attached hydrogen (secondary N) is 1. The molecule has 4 nitrogen and oxygen atoms in total. The second-order valence-electron chi connectivity index (χ2n) is 10.7. The second-order valence-corrected chi connectivity index (χ2v) is 11.5. The molecule has 40 heavy (non-hydrogen) atoms. The van der Waals surface area contributed by atoms with Gasteiger partial charge >= 0.3 is 0 Å². The zero-order chi connectivity index (χ0) is 27.7. The first-order valence-corrected chi connectivity index (χ1v) is 15.9. The molecule has 7 heteroatoms. The maximum Gasteiger partial charge on any atom is 0.228 e. The molecule has 0 saturated heterocycles. The average molecular weight is 636 g/mol. The molecule has 0 aromatic heterocycles. The lowest BCUT2D eigenvalue weighted by atomic mass is 10.1. The monoisotopic (exact) mass is 634 g/mol. The summed E-state index contributed by atoms with van der Waals surface area (Å²) in [4.78, 5) is 14.9. The third-order valence-electron chi connectivity index (χ3n) is 7.18. The zero-order valence-corrected chi connectivity index (χ0v) is 26.9. The number of ether oxygens (including phenoxy) is 1. The Morgan fingerprint density at radius 2 is 1.60 bits per heavy atom. The fourth-order valence-electron chi connectivity index (χ4n) is 4.85. The molecule has 0 spiro atoms. The van der Waals surface area contributed by atoms with Gasteiger partial charge in [0.1, 0.15) is 0 Å². The molecule has 1 aliphatic rings. The summed E-state index contributed by atoms with van der Waals surface area (Å²) in [7, 11) is 0. The minimum Gasteiger partial charge on any atom is -0.491 e. The van der Waals surface area contributed by atoms with Gasteiger partial charge in [0.25, 0.3) is 0 Å². The molecule has 0 bridgehead atoms. The van der Waals surface area contributed by atoms with Crippen LogP contribution in [0, 0.1) is 5.82 Å². The van der Waals surface area contributed by atoms with E-state index in [0.717, 1.165) is 36.5 Å². The van der Waals surface area contributed by atoms with E-state index in [4.69, 9.17) is 4.74 Å². The number of allylic oxidation sites excluding steroid dienone is 1. The third kappa shape index (κ3) is 13.1. The standard InChI is InChI=1S/C33H47FN2O2S.BrH/c1-3-4-5-6-7-8-9-10-11-12-13-14-20-38-32-19-18-28(22-31(32)34)23-33(37)35-30-17-15-16-29(21-30)24-36-26-39-25-27(36)2;/h15-19,21-22,25H,3-14,20,23-24,26H2,1-2H3,(H,35,37);1H. The number of thioether (sulfide) groups is 1. The summed E-state index contributed by atoms with van der Waals surface area (Å²) in [6, 6.07) is 12.7. The summed E-state index contributed by atoms with van der Waals surface area (Å²) in [5.74, 6) is 0.643. The molecule has 1 heterocycles. The molecule has 2 aromatic rings. The van der Waals surface area contributed by atoms with Crippen LogP contribution in [0.15, 0.2) is 53.6 Å². The van der Waals surface area contributed by atoms with Gasteiger partial charge in [0, 0.05) is 17.9 Å². The normalized spacial score (nSPS) is 12.7. The Bertz CT molecular complexity index is 1050. The molecule has 2 aromatic carbocycles. The molecule has 0 radical (unpaired) electrons. The van der Waals surface area contributed by atoms with Gasteiger partial charge in [0.2, 0.25) is 5.91 Å². The minimum absolute atomic E-state index is 0. The summed E-state index contributed by atoms with van der Waals surface area (Å²) in [6.07, 6.45) is 15.5. The maximum absolute atomic E-state index is 14.6. The molecule has 1 amide bonds. The van der Waals surface area contributed by atoms with Gasteiger partial charge in [-0.25, -0.2) is 4.39 Å². The number of unbranched alkanes of at least 4 members (excludes halogenated alkanes) is 11. The van der Waals surface area contributed by atoms with Crippen molar-refractivity contribution in [2.24, 2.45) is 0 Å². The maximum atomic E-state index is 14.6. The van der Waals surface area contributed by atoms with Gasteiger partial charge in [0.05, 0.1) is 18.9 Å². The Hall–Kier alpha value is -1.99. The Morgan fingerprint density at radius 3 is 2.23 bits per heavy atom. The van der Waals surface area contributed by atoms with Crippen LogP contribution in [0.5, 0.6) is 5.75 Å². The van der Waals surface area contributed by atoms with Crippen LogP contribution in [-0.2, 0) is 17.8 Å². The largest absolute Gasteiger partial charge is 0.491 e. The van der Waals surface area contributed by atoms with E-state index < -0.39 is 5.82 Å². The average Bonchev–Trinajstić information content (AvgIpc) is 3.32. The summed E-state index contributed by atoms with van der Waals surface area (Å²) in [6.45, 7) is 5.71. The summed E-state index contributed by atoms with van der Waals surface area (Å²) >= 11 is 1.79. The highest BCUT2D eigenvalue weighted by atomic mass is 79.9. The van der Waals surface area contributed by atoms with E-state index in [2.05, 4.69) is 35.5 Å². The van der Waals surface area contributed by atoms with E-state index in [1.54, 1.807) is 23.9 Å². The highest BCUT2D eigenvalue weighted by molar-refractivity contribution is 8.93. The number of carbonyl (C=O) groups excluding carboxylic acids is 1. The number of halogens is 2. The van der Waals surface area contributed by atoms with Crippen LogP contribution in [0.1, 0.15) is 102 Å². The Morgan fingerprint density at radius 1 is 0.925 bits per heavy atom. The van der Waals surface area contributed by atoms with Crippen molar-refractivity contribution in [3.63, 3.8) is 0 Å². The molecule has 1 aliphatic heterocycles. The predicted molar refractivity (Wildman–Crippen MR) is 174 cm³/mol. The molecule has 1 N–H and O–H groups in total. The quantitative estimate of drug-likeness (QED) is 0.156. The van der Waals surface area contributed by atoms with E-state index in [0.29, 0.717) is 12.2 Å². The van der Waals surface area contributed by atoms with Crippen LogP contribution in [0.25, 0.3) is 0 Å². The van der Waals surface area contributed by atoms with Crippen molar-refractivity contribution in [1.82, 2.24) is 4.90 Å². The molecule has 0 fully saturated rings. The summed E-state index contributed by atoms with van der Waals surface area (Å²) in [5, 5.41) is 5.12. The molecule has 222 valence electrons. The molecular formula is C33H48BrFN2O2S. The number of anilines is 1. The number of hydrogen-bond donors (Lipinski definition) is 1. The predicted octanol–water partition coefficient (Wildman–Crippen LogP) is 10.0.